The van der Waals surface area contributed by atoms with Gasteiger partial charge in [0.15, 0.2) is 5.82 Å². The van der Waals surface area contributed by atoms with E-state index in [-0.39, 0.29) is 5.91 Å². The van der Waals surface area contributed by atoms with Crippen molar-refractivity contribution in [2.45, 2.75) is 13.0 Å². The minimum atomic E-state index is 0.0711. The zero-order valence-electron chi connectivity index (χ0n) is 6.92. The van der Waals surface area contributed by atoms with Crippen molar-refractivity contribution < 1.29 is 4.79 Å². The van der Waals surface area contributed by atoms with E-state index in [0.717, 1.165) is 0 Å². The summed E-state index contributed by atoms with van der Waals surface area (Å²) in [5.74, 6) is 0.742. The lowest BCUT2D eigenvalue weighted by atomic mass is 10.3. The monoisotopic (exact) mass is 263 g/mol. The molecule has 0 aliphatic carbocycles. The molecule has 70 valence electrons. The Morgan fingerprint density at radius 3 is 3.00 bits per heavy atom. The Balaban J connectivity index is 2.57. The summed E-state index contributed by atoms with van der Waals surface area (Å²) in [7, 11) is 1.70. The van der Waals surface area contributed by atoms with Crippen LogP contribution < -0.4 is 4.90 Å². The molecule has 4 nitrogen and oxygen atoms in total. The number of nitrogens with zero attached hydrogens (tertiary/aromatic N) is 3. The smallest absolute Gasteiger partial charge is 0.229 e. The summed E-state index contributed by atoms with van der Waals surface area (Å²) in [6.45, 7) is 0.601. The van der Waals surface area contributed by atoms with Gasteiger partial charge in [-0.15, -0.1) is 0 Å². The molecule has 0 N–H and O–H groups in total. The van der Waals surface area contributed by atoms with E-state index in [4.69, 9.17) is 11.6 Å². The molecular weight excluding hydrogens is 257 g/mol. The van der Waals surface area contributed by atoms with Crippen molar-refractivity contribution >= 4 is 39.3 Å². The molecule has 13 heavy (non-hydrogen) atoms. The first-order valence-corrected chi connectivity index (χ1v) is 4.96. The van der Waals surface area contributed by atoms with Crippen molar-refractivity contribution in [3.63, 3.8) is 0 Å². The van der Waals surface area contributed by atoms with Gasteiger partial charge in [-0.3, -0.25) is 9.69 Å². The second kappa shape index (κ2) is 2.99. The zero-order chi connectivity index (χ0) is 9.59. The number of carbonyl (C=O) groups excluding carboxylic acids is 1. The minimum absolute atomic E-state index is 0.0711. The van der Waals surface area contributed by atoms with Gasteiger partial charge in [0.05, 0.1) is 6.54 Å². The van der Waals surface area contributed by atoms with Crippen molar-refractivity contribution in [2.75, 3.05) is 11.9 Å². The van der Waals surface area contributed by atoms with Crippen LogP contribution in [0.25, 0.3) is 0 Å². The average Bonchev–Trinajstić information content (AvgIpc) is 2.37. The molecule has 0 bridgehead atoms. The Morgan fingerprint density at radius 2 is 2.31 bits per heavy atom. The van der Waals surface area contributed by atoms with E-state index < -0.39 is 0 Å². The summed E-state index contributed by atoms with van der Waals surface area (Å²) in [5, 5.41) is 4.64. The number of halogens is 2. The van der Waals surface area contributed by atoms with Crippen LogP contribution in [0.2, 0.25) is 5.02 Å². The first-order valence-electron chi connectivity index (χ1n) is 3.79. The Kier molecular flexibility index (Phi) is 2.08. The maximum absolute atomic E-state index is 11.3. The summed E-state index contributed by atoms with van der Waals surface area (Å²) in [6, 6.07) is 0. The van der Waals surface area contributed by atoms with Crippen molar-refractivity contribution in [3.05, 3.63) is 9.63 Å². The summed E-state index contributed by atoms with van der Waals surface area (Å²) < 4.78 is 2.32. The van der Waals surface area contributed by atoms with Crippen LogP contribution in [-0.2, 0) is 11.3 Å². The maximum atomic E-state index is 11.3. The molecule has 1 aromatic rings. The first-order chi connectivity index (χ1) is 6.11. The number of fused-ring (bicyclic) bond motifs is 1. The lowest BCUT2D eigenvalue weighted by Crippen LogP contribution is -2.34. The summed E-state index contributed by atoms with van der Waals surface area (Å²) in [6.07, 6.45) is 0.480. The van der Waals surface area contributed by atoms with E-state index in [1.54, 1.807) is 11.7 Å². The van der Waals surface area contributed by atoms with Crippen LogP contribution >= 0.6 is 27.5 Å². The number of anilines is 1. The highest BCUT2D eigenvalue weighted by Crippen LogP contribution is 2.34. The molecule has 1 aliphatic heterocycles. The highest BCUT2D eigenvalue weighted by Gasteiger charge is 2.26. The molecule has 6 heteroatoms. The van der Waals surface area contributed by atoms with Gasteiger partial charge >= 0.3 is 0 Å². The topological polar surface area (TPSA) is 38.1 Å². The van der Waals surface area contributed by atoms with Gasteiger partial charge in [0.2, 0.25) is 5.91 Å². The number of hydrogen-bond donors (Lipinski definition) is 0. The highest BCUT2D eigenvalue weighted by atomic mass is 79.9. The number of aryl methyl sites for hydroxylation is 1. The predicted octanol–water partition coefficient (Wildman–Crippen LogP) is 1.67. The molecule has 2 heterocycles. The van der Waals surface area contributed by atoms with Gasteiger partial charge in [-0.2, -0.15) is 5.10 Å². The fourth-order valence-electron chi connectivity index (χ4n) is 1.37. The van der Waals surface area contributed by atoms with Gasteiger partial charge in [0.25, 0.3) is 0 Å². The predicted molar refractivity (Wildman–Crippen MR) is 53.0 cm³/mol. The van der Waals surface area contributed by atoms with Crippen LogP contribution in [0.15, 0.2) is 4.60 Å². The fourth-order valence-corrected chi connectivity index (χ4v) is 2.00. The second-order valence-electron chi connectivity index (χ2n) is 2.85. The first kappa shape index (κ1) is 9.02. The van der Waals surface area contributed by atoms with E-state index in [1.807, 2.05) is 0 Å². The second-order valence-corrected chi connectivity index (χ2v) is 3.98. The number of hydrogen-bond acceptors (Lipinski definition) is 2. The largest absolute Gasteiger partial charge is 0.299 e. The maximum Gasteiger partial charge on any atom is 0.229 e. The third-order valence-electron chi connectivity index (χ3n) is 2.06. The molecule has 0 saturated carbocycles. The third-order valence-corrected chi connectivity index (χ3v) is 3.19. The molecular formula is C7H7BrClN3O. The molecule has 1 amide bonds. The van der Waals surface area contributed by atoms with Crippen molar-refractivity contribution in [2.24, 2.45) is 0 Å². The van der Waals surface area contributed by atoms with Gasteiger partial charge in [-0.1, -0.05) is 11.6 Å². The van der Waals surface area contributed by atoms with Crippen LogP contribution in [0.1, 0.15) is 6.42 Å². The summed E-state index contributed by atoms with van der Waals surface area (Å²) in [4.78, 5) is 12.9. The SMILES string of the molecule is CN1C(=O)CCn2nc(Br)c(Cl)c21. The number of carbonyl (C=O) groups is 1. The van der Waals surface area contributed by atoms with Crippen molar-refractivity contribution in [1.29, 1.82) is 0 Å². The molecule has 0 atom stereocenters. The minimum Gasteiger partial charge on any atom is -0.299 e. The molecule has 1 aliphatic rings. The van der Waals surface area contributed by atoms with Crippen LogP contribution in [-0.4, -0.2) is 22.7 Å². The van der Waals surface area contributed by atoms with Gasteiger partial charge in [-0.05, 0) is 15.9 Å². The Bertz CT molecular complexity index is 376. The lowest BCUT2D eigenvalue weighted by Gasteiger charge is -2.23. The summed E-state index contributed by atoms with van der Waals surface area (Å²) in [5.41, 5.74) is 0. The van der Waals surface area contributed by atoms with Crippen LogP contribution in [0.4, 0.5) is 5.82 Å². The molecule has 0 saturated heterocycles. The Labute approximate surface area is 88.6 Å². The van der Waals surface area contributed by atoms with Crippen LogP contribution in [0.5, 0.6) is 0 Å². The normalized spacial score (nSPS) is 16.2. The number of amides is 1. The standard InChI is InChI=1S/C7H7BrClN3O/c1-11-4(13)2-3-12-7(11)5(9)6(8)10-12/h2-3H2,1H3. The number of rotatable bonds is 0. The lowest BCUT2D eigenvalue weighted by molar-refractivity contribution is -0.119. The summed E-state index contributed by atoms with van der Waals surface area (Å²) >= 11 is 9.18. The third kappa shape index (κ3) is 1.26. The van der Waals surface area contributed by atoms with E-state index in [9.17, 15) is 4.79 Å². The van der Waals surface area contributed by atoms with Crippen molar-refractivity contribution in [1.82, 2.24) is 9.78 Å². The Morgan fingerprint density at radius 1 is 1.62 bits per heavy atom. The van der Waals surface area contributed by atoms with E-state index in [2.05, 4.69) is 21.0 Å². The van der Waals surface area contributed by atoms with Crippen LogP contribution in [0, 0.1) is 0 Å². The molecule has 0 aromatic carbocycles. The molecule has 0 fully saturated rings. The van der Waals surface area contributed by atoms with Crippen molar-refractivity contribution in [3.8, 4) is 0 Å². The Hall–Kier alpha value is -0.550. The molecule has 1 aromatic heterocycles. The quantitative estimate of drug-likeness (QED) is 0.715. The van der Waals surface area contributed by atoms with Gasteiger partial charge in [0.1, 0.15) is 9.63 Å². The van der Waals surface area contributed by atoms with Gasteiger partial charge < -0.3 is 0 Å². The molecule has 2 rings (SSSR count). The average molecular weight is 265 g/mol. The number of aromatic nitrogens is 2. The van der Waals surface area contributed by atoms with Gasteiger partial charge in [0, 0.05) is 13.5 Å². The van der Waals surface area contributed by atoms with Crippen LogP contribution in [0.3, 0.4) is 0 Å². The molecule has 0 radical (unpaired) electrons. The molecule has 0 unspecified atom stereocenters. The highest BCUT2D eigenvalue weighted by molar-refractivity contribution is 9.10. The van der Waals surface area contributed by atoms with E-state index >= 15 is 0 Å². The van der Waals surface area contributed by atoms with E-state index in [0.29, 0.717) is 28.4 Å². The van der Waals surface area contributed by atoms with E-state index in [1.165, 1.54) is 4.90 Å². The molecule has 0 spiro atoms. The van der Waals surface area contributed by atoms with Gasteiger partial charge in [-0.25, -0.2) is 4.68 Å². The zero-order valence-corrected chi connectivity index (χ0v) is 9.26. The fraction of sp³-hybridized carbons (Fsp3) is 0.429.